The molecule has 34 heavy (non-hydrogen) atoms. The van der Waals surface area contributed by atoms with Crippen molar-refractivity contribution in [3.8, 4) is 17.3 Å². The molecule has 0 bridgehead atoms. The van der Waals surface area contributed by atoms with Gasteiger partial charge < -0.3 is 15.0 Å². The minimum Gasteiger partial charge on any atom is -0.489 e. The number of amides is 1. The van der Waals surface area contributed by atoms with Crippen LogP contribution < -0.4 is 15.0 Å². The fraction of sp³-hybridized carbons (Fsp3) is 0.600. The summed E-state index contributed by atoms with van der Waals surface area (Å²) < 4.78 is 18.8. The molecular formula is C25H35FN6O2. The van der Waals surface area contributed by atoms with Crippen LogP contribution in [0.3, 0.4) is 0 Å². The lowest BCUT2D eigenvalue weighted by Gasteiger charge is -2.25. The van der Waals surface area contributed by atoms with Crippen LogP contribution in [0.2, 0.25) is 0 Å². The van der Waals surface area contributed by atoms with Gasteiger partial charge in [-0.2, -0.15) is 0 Å². The van der Waals surface area contributed by atoms with Gasteiger partial charge in [0.15, 0.2) is 5.82 Å². The standard InChI is InChI=1S/C25H35FN6O2/c1-25(2,3)30-22(33)16-31(4)24-19-6-5-7-20(19)28-23(29-24)21-14-17(8-11-27-21)34-18-9-12-32(15-18)13-10-26/h8,11,14,18H,5-7,9-10,12-13,15-16H2,1-4H3,(H,30,33). The molecule has 184 valence electrons. The molecule has 2 aromatic heterocycles. The molecule has 1 amide bonds. The van der Waals surface area contributed by atoms with Crippen molar-refractivity contribution in [3.05, 3.63) is 29.6 Å². The zero-order valence-corrected chi connectivity index (χ0v) is 20.6. The monoisotopic (exact) mass is 470 g/mol. The summed E-state index contributed by atoms with van der Waals surface area (Å²) in [4.78, 5) is 30.6. The van der Waals surface area contributed by atoms with E-state index in [9.17, 15) is 9.18 Å². The van der Waals surface area contributed by atoms with Gasteiger partial charge in [-0.05, 0) is 52.5 Å². The quantitative estimate of drug-likeness (QED) is 0.635. The molecule has 0 radical (unpaired) electrons. The van der Waals surface area contributed by atoms with Crippen LogP contribution in [0, 0.1) is 0 Å². The molecule has 4 rings (SSSR count). The van der Waals surface area contributed by atoms with Crippen molar-refractivity contribution >= 4 is 11.7 Å². The maximum absolute atomic E-state index is 12.6. The predicted octanol–water partition coefficient (Wildman–Crippen LogP) is 2.80. The first kappa shape index (κ1) is 24.3. The number of alkyl halides is 1. The van der Waals surface area contributed by atoms with Gasteiger partial charge in [-0.15, -0.1) is 0 Å². The molecule has 1 aliphatic heterocycles. The van der Waals surface area contributed by atoms with Gasteiger partial charge in [-0.3, -0.25) is 14.7 Å². The maximum Gasteiger partial charge on any atom is 0.239 e. The number of aryl methyl sites for hydroxylation is 1. The minimum absolute atomic E-state index is 0.0331. The van der Waals surface area contributed by atoms with E-state index in [0.29, 0.717) is 23.8 Å². The van der Waals surface area contributed by atoms with E-state index >= 15 is 0 Å². The smallest absolute Gasteiger partial charge is 0.239 e. The Bertz CT molecular complexity index is 1020. The van der Waals surface area contributed by atoms with Crippen LogP contribution in [-0.4, -0.2) is 77.3 Å². The summed E-state index contributed by atoms with van der Waals surface area (Å²) in [6.45, 7) is 7.81. The van der Waals surface area contributed by atoms with Gasteiger partial charge in [0, 0.05) is 55.7 Å². The molecule has 9 heteroatoms. The largest absolute Gasteiger partial charge is 0.489 e. The van der Waals surface area contributed by atoms with Crippen molar-refractivity contribution in [1.29, 1.82) is 0 Å². The van der Waals surface area contributed by atoms with Crippen molar-refractivity contribution in [3.63, 3.8) is 0 Å². The lowest BCUT2D eigenvalue weighted by molar-refractivity contribution is -0.121. The zero-order valence-electron chi connectivity index (χ0n) is 20.6. The lowest BCUT2D eigenvalue weighted by atomic mass is 10.1. The second kappa shape index (κ2) is 10.2. The van der Waals surface area contributed by atoms with Crippen molar-refractivity contribution < 1.29 is 13.9 Å². The number of halogens is 1. The maximum atomic E-state index is 12.6. The van der Waals surface area contributed by atoms with E-state index in [4.69, 9.17) is 14.7 Å². The number of nitrogens with one attached hydrogen (secondary N) is 1. The first-order valence-corrected chi connectivity index (χ1v) is 12.0. The van der Waals surface area contributed by atoms with Gasteiger partial charge in [0.1, 0.15) is 30.0 Å². The van der Waals surface area contributed by atoms with Crippen LogP contribution in [0.1, 0.15) is 44.9 Å². The van der Waals surface area contributed by atoms with E-state index in [1.165, 1.54) is 0 Å². The van der Waals surface area contributed by atoms with Gasteiger partial charge in [0.05, 0.1) is 6.54 Å². The Morgan fingerprint density at radius 3 is 2.91 bits per heavy atom. The Balaban J connectivity index is 1.53. The molecule has 1 saturated heterocycles. The second-order valence-corrected chi connectivity index (χ2v) is 10.2. The third-order valence-corrected chi connectivity index (χ3v) is 6.06. The molecule has 1 atom stereocenters. The second-order valence-electron chi connectivity index (χ2n) is 10.2. The van der Waals surface area contributed by atoms with Gasteiger partial charge in [-0.1, -0.05) is 0 Å². The van der Waals surface area contributed by atoms with Gasteiger partial charge in [0.25, 0.3) is 0 Å². The summed E-state index contributed by atoms with van der Waals surface area (Å²) in [5.41, 5.74) is 2.48. The highest BCUT2D eigenvalue weighted by Gasteiger charge is 2.26. The van der Waals surface area contributed by atoms with Gasteiger partial charge >= 0.3 is 0 Å². The number of rotatable bonds is 8. The number of likely N-dealkylation sites (N-methyl/N-ethyl adjacent to an activating group) is 1. The first-order chi connectivity index (χ1) is 16.2. The molecule has 1 N–H and O–H groups in total. The number of fused-ring (bicyclic) bond motifs is 1. The van der Waals surface area contributed by atoms with Crippen LogP contribution in [0.25, 0.3) is 11.5 Å². The normalized spacial score (nSPS) is 18.1. The number of nitrogens with zero attached hydrogens (tertiary/aromatic N) is 5. The average molecular weight is 471 g/mol. The number of aromatic nitrogens is 3. The number of carbonyl (C=O) groups is 1. The minimum atomic E-state index is -0.337. The third kappa shape index (κ3) is 6.00. The molecule has 0 spiro atoms. The molecule has 8 nitrogen and oxygen atoms in total. The van der Waals surface area contributed by atoms with E-state index in [2.05, 4.69) is 15.2 Å². The molecule has 1 fully saturated rings. The van der Waals surface area contributed by atoms with Crippen molar-refractivity contribution in [2.75, 3.05) is 44.8 Å². The van der Waals surface area contributed by atoms with Crippen LogP contribution in [0.15, 0.2) is 18.3 Å². The summed E-state index contributed by atoms with van der Waals surface area (Å²) in [5, 5.41) is 3.01. The number of likely N-dealkylation sites (tertiary alicyclic amines) is 1. The summed E-state index contributed by atoms with van der Waals surface area (Å²) in [5.74, 6) is 1.98. The van der Waals surface area contributed by atoms with Crippen molar-refractivity contribution in [2.45, 2.75) is 58.1 Å². The molecule has 2 aromatic rings. The van der Waals surface area contributed by atoms with Crippen LogP contribution >= 0.6 is 0 Å². The van der Waals surface area contributed by atoms with Gasteiger partial charge in [-0.25, -0.2) is 14.4 Å². The lowest BCUT2D eigenvalue weighted by Crippen LogP contribution is -2.45. The Labute approximate surface area is 200 Å². The topological polar surface area (TPSA) is 83.5 Å². The Morgan fingerprint density at radius 1 is 1.32 bits per heavy atom. The van der Waals surface area contributed by atoms with E-state index in [1.54, 1.807) is 6.20 Å². The Morgan fingerprint density at radius 2 is 2.15 bits per heavy atom. The van der Waals surface area contributed by atoms with Crippen LogP contribution in [-0.2, 0) is 17.6 Å². The third-order valence-electron chi connectivity index (χ3n) is 6.06. The fourth-order valence-electron chi connectivity index (χ4n) is 4.61. The van der Waals surface area contributed by atoms with E-state index < -0.39 is 0 Å². The number of carbonyl (C=O) groups excluding carboxylic acids is 1. The van der Waals surface area contributed by atoms with Crippen LogP contribution in [0.4, 0.5) is 10.2 Å². The van der Waals surface area contributed by atoms with E-state index in [-0.39, 0.29) is 30.8 Å². The highest BCUT2D eigenvalue weighted by Crippen LogP contribution is 2.31. The number of hydrogen-bond acceptors (Lipinski definition) is 7. The van der Waals surface area contributed by atoms with Crippen molar-refractivity contribution in [1.82, 2.24) is 25.2 Å². The Kier molecular flexibility index (Phi) is 7.30. The highest BCUT2D eigenvalue weighted by atomic mass is 19.1. The molecular weight excluding hydrogens is 435 g/mol. The summed E-state index contributed by atoms with van der Waals surface area (Å²) >= 11 is 0. The molecule has 0 aromatic carbocycles. The molecule has 2 aliphatic rings. The SMILES string of the molecule is CN(CC(=O)NC(C)(C)C)c1nc(-c2cc(OC3CCN(CCF)C3)ccn2)nc2c1CCC2. The van der Waals surface area contributed by atoms with Crippen molar-refractivity contribution in [2.24, 2.45) is 0 Å². The predicted molar refractivity (Wildman–Crippen MR) is 130 cm³/mol. The summed E-state index contributed by atoms with van der Waals surface area (Å²) in [6.07, 6.45) is 5.43. The summed E-state index contributed by atoms with van der Waals surface area (Å²) in [7, 11) is 1.89. The number of hydrogen-bond donors (Lipinski definition) is 1. The molecule has 0 saturated carbocycles. The van der Waals surface area contributed by atoms with E-state index in [0.717, 1.165) is 55.8 Å². The average Bonchev–Trinajstić information content (AvgIpc) is 3.41. The zero-order chi connectivity index (χ0) is 24.3. The molecule has 1 unspecified atom stereocenters. The Hall–Kier alpha value is -2.81. The van der Waals surface area contributed by atoms with Crippen LogP contribution in [0.5, 0.6) is 5.75 Å². The number of ether oxygens (including phenoxy) is 1. The fourth-order valence-corrected chi connectivity index (χ4v) is 4.61. The number of pyridine rings is 1. The van der Waals surface area contributed by atoms with E-state index in [1.807, 2.05) is 44.9 Å². The van der Waals surface area contributed by atoms with Gasteiger partial charge in [0.2, 0.25) is 5.91 Å². The molecule has 3 heterocycles. The highest BCUT2D eigenvalue weighted by molar-refractivity contribution is 5.82. The molecule has 1 aliphatic carbocycles. The number of anilines is 1. The summed E-state index contributed by atoms with van der Waals surface area (Å²) in [6, 6.07) is 3.70. The first-order valence-electron chi connectivity index (χ1n) is 12.0.